The van der Waals surface area contributed by atoms with E-state index >= 15 is 0 Å². The molecule has 0 N–H and O–H groups in total. The Balaban J connectivity index is 1.83. The van der Waals surface area contributed by atoms with Gasteiger partial charge in [0.05, 0.1) is 0 Å². The van der Waals surface area contributed by atoms with Crippen molar-refractivity contribution in [3.05, 3.63) is 34.9 Å². The quantitative estimate of drug-likeness (QED) is 0.711. The molecule has 0 spiro atoms. The van der Waals surface area contributed by atoms with Crippen LogP contribution in [0.25, 0.3) is 0 Å². The van der Waals surface area contributed by atoms with E-state index in [9.17, 15) is 0 Å². The summed E-state index contributed by atoms with van der Waals surface area (Å²) in [4.78, 5) is 2.66. The minimum absolute atomic E-state index is 0.920. The molecule has 0 amide bonds. The molecular weight excluding hydrogens is 182 g/mol. The molecule has 80 valence electrons. The first-order valence-electron chi connectivity index (χ1n) is 6.21. The lowest BCUT2D eigenvalue weighted by atomic mass is 9.96. The lowest BCUT2D eigenvalue weighted by Crippen LogP contribution is -2.32. The molecule has 1 aromatic carbocycles. The first-order valence-corrected chi connectivity index (χ1v) is 6.21. The summed E-state index contributed by atoms with van der Waals surface area (Å²) in [7, 11) is 0. The lowest BCUT2D eigenvalue weighted by Gasteiger charge is -2.29. The van der Waals surface area contributed by atoms with Crippen LogP contribution in [0.3, 0.4) is 0 Å². The number of rotatable bonds is 2. The van der Waals surface area contributed by atoms with Crippen LogP contribution in [0.1, 0.15) is 36.5 Å². The molecule has 1 fully saturated rings. The Kier molecular flexibility index (Phi) is 2.28. The number of hydrogen-bond donors (Lipinski definition) is 0. The zero-order chi connectivity index (χ0) is 10.3. The summed E-state index contributed by atoms with van der Waals surface area (Å²) in [6.07, 6.45) is 5.30. The molecule has 1 heteroatoms. The fourth-order valence-corrected chi connectivity index (χ4v) is 2.60. The lowest BCUT2D eigenvalue weighted by molar-refractivity contribution is 0.243. The highest BCUT2D eigenvalue weighted by Gasteiger charge is 2.30. The van der Waals surface area contributed by atoms with Crippen molar-refractivity contribution in [2.24, 2.45) is 0 Å². The number of nitrogens with zero attached hydrogens (tertiary/aromatic N) is 1. The fourth-order valence-electron chi connectivity index (χ4n) is 2.60. The van der Waals surface area contributed by atoms with E-state index in [1.54, 1.807) is 11.1 Å². The average molecular weight is 201 g/mol. The van der Waals surface area contributed by atoms with Crippen LogP contribution in [0, 0.1) is 0 Å². The van der Waals surface area contributed by atoms with Gasteiger partial charge >= 0.3 is 0 Å². The monoisotopic (exact) mass is 201 g/mol. The highest BCUT2D eigenvalue weighted by Crippen LogP contribution is 2.31. The van der Waals surface area contributed by atoms with Crippen LogP contribution in [0.2, 0.25) is 0 Å². The van der Waals surface area contributed by atoms with Crippen molar-refractivity contribution in [2.45, 2.75) is 45.2 Å². The molecule has 0 aromatic heterocycles. The van der Waals surface area contributed by atoms with Crippen molar-refractivity contribution >= 4 is 0 Å². The van der Waals surface area contributed by atoms with Gasteiger partial charge in [0.2, 0.25) is 0 Å². The highest BCUT2D eigenvalue weighted by molar-refractivity contribution is 5.34. The standard InChI is InChI=1S/C14H19N/c1-2-11-3-4-13-10-15(14-5-6-14)8-7-12(13)9-11/h3-4,9,14H,2,5-8,10H2,1H3. The molecule has 0 saturated heterocycles. The summed E-state index contributed by atoms with van der Waals surface area (Å²) in [5.74, 6) is 0. The van der Waals surface area contributed by atoms with Gasteiger partial charge in [-0.15, -0.1) is 0 Å². The van der Waals surface area contributed by atoms with Gasteiger partial charge in [-0.25, -0.2) is 0 Å². The number of fused-ring (bicyclic) bond motifs is 1. The fraction of sp³-hybridized carbons (Fsp3) is 0.571. The van der Waals surface area contributed by atoms with Crippen molar-refractivity contribution in [3.8, 4) is 0 Å². The van der Waals surface area contributed by atoms with Gasteiger partial charge < -0.3 is 0 Å². The van der Waals surface area contributed by atoms with Gasteiger partial charge in [0, 0.05) is 19.1 Å². The molecule has 1 aromatic rings. The minimum atomic E-state index is 0.920. The van der Waals surface area contributed by atoms with Crippen molar-refractivity contribution in [1.29, 1.82) is 0 Å². The molecule has 15 heavy (non-hydrogen) atoms. The normalized spacial score (nSPS) is 21.4. The minimum Gasteiger partial charge on any atom is -0.296 e. The average Bonchev–Trinajstić information content (AvgIpc) is 3.11. The van der Waals surface area contributed by atoms with Crippen molar-refractivity contribution in [1.82, 2.24) is 4.90 Å². The maximum atomic E-state index is 2.66. The van der Waals surface area contributed by atoms with E-state index in [-0.39, 0.29) is 0 Å². The Morgan fingerprint density at radius 3 is 2.87 bits per heavy atom. The zero-order valence-corrected chi connectivity index (χ0v) is 9.50. The summed E-state index contributed by atoms with van der Waals surface area (Å²) in [6, 6.07) is 7.99. The van der Waals surface area contributed by atoms with Crippen molar-refractivity contribution in [3.63, 3.8) is 0 Å². The number of benzene rings is 1. The van der Waals surface area contributed by atoms with Crippen LogP contribution in [0.15, 0.2) is 18.2 Å². The van der Waals surface area contributed by atoms with Gasteiger partial charge in [0.15, 0.2) is 0 Å². The summed E-state index contributed by atoms with van der Waals surface area (Å²) in [6.45, 7) is 4.72. The van der Waals surface area contributed by atoms with Gasteiger partial charge in [-0.2, -0.15) is 0 Å². The van der Waals surface area contributed by atoms with Crippen LogP contribution in [0.5, 0.6) is 0 Å². The second kappa shape index (κ2) is 3.64. The second-order valence-electron chi connectivity index (χ2n) is 4.91. The van der Waals surface area contributed by atoms with Crippen molar-refractivity contribution < 1.29 is 0 Å². The Hall–Kier alpha value is -0.820. The maximum Gasteiger partial charge on any atom is 0.0239 e. The van der Waals surface area contributed by atoms with E-state index in [0.29, 0.717) is 0 Å². The molecule has 1 saturated carbocycles. The molecule has 0 bridgehead atoms. The first-order chi connectivity index (χ1) is 7.36. The van der Waals surface area contributed by atoms with Crippen LogP contribution in [0.4, 0.5) is 0 Å². The summed E-state index contributed by atoms with van der Waals surface area (Å²) in [5, 5.41) is 0. The Bertz CT molecular complexity index is 366. The molecule has 1 aliphatic carbocycles. The van der Waals surface area contributed by atoms with Gasteiger partial charge in [-0.05, 0) is 42.4 Å². The Labute approximate surface area is 92.1 Å². The molecular formula is C14H19N. The largest absolute Gasteiger partial charge is 0.296 e. The molecule has 1 aliphatic heterocycles. The van der Waals surface area contributed by atoms with Crippen LogP contribution in [-0.2, 0) is 19.4 Å². The molecule has 0 radical (unpaired) electrons. The van der Waals surface area contributed by atoms with E-state index in [4.69, 9.17) is 0 Å². The van der Waals surface area contributed by atoms with Crippen molar-refractivity contribution in [2.75, 3.05) is 6.54 Å². The van der Waals surface area contributed by atoms with Gasteiger partial charge in [0.25, 0.3) is 0 Å². The zero-order valence-electron chi connectivity index (χ0n) is 9.50. The molecule has 3 rings (SSSR count). The van der Waals surface area contributed by atoms with E-state index in [1.807, 2.05) is 0 Å². The summed E-state index contributed by atoms with van der Waals surface area (Å²) < 4.78 is 0. The smallest absolute Gasteiger partial charge is 0.0239 e. The second-order valence-corrected chi connectivity index (χ2v) is 4.91. The van der Waals surface area contributed by atoms with E-state index < -0.39 is 0 Å². The third-order valence-corrected chi connectivity index (χ3v) is 3.78. The number of aryl methyl sites for hydroxylation is 1. The maximum absolute atomic E-state index is 2.66. The van der Waals surface area contributed by atoms with E-state index in [0.717, 1.165) is 6.04 Å². The van der Waals surface area contributed by atoms with Crippen LogP contribution in [-0.4, -0.2) is 17.5 Å². The SMILES string of the molecule is CCc1ccc2c(c1)CCN(C1CC1)C2. The summed E-state index contributed by atoms with van der Waals surface area (Å²) in [5.41, 5.74) is 4.67. The highest BCUT2D eigenvalue weighted by atomic mass is 15.2. The molecule has 0 atom stereocenters. The van der Waals surface area contributed by atoms with Gasteiger partial charge in [-0.1, -0.05) is 25.1 Å². The third-order valence-electron chi connectivity index (χ3n) is 3.78. The molecule has 1 heterocycles. The summed E-state index contributed by atoms with van der Waals surface area (Å²) >= 11 is 0. The Morgan fingerprint density at radius 1 is 1.27 bits per heavy atom. The molecule has 0 unspecified atom stereocenters. The van der Waals surface area contributed by atoms with Crippen LogP contribution >= 0.6 is 0 Å². The number of hydrogen-bond acceptors (Lipinski definition) is 1. The molecule has 1 nitrogen and oxygen atoms in total. The molecule has 2 aliphatic rings. The topological polar surface area (TPSA) is 3.24 Å². The van der Waals surface area contributed by atoms with E-state index in [2.05, 4.69) is 30.0 Å². The van der Waals surface area contributed by atoms with E-state index in [1.165, 1.54) is 44.3 Å². The predicted octanol–water partition coefficient (Wildman–Crippen LogP) is 2.77. The first kappa shape index (κ1) is 9.41. The van der Waals surface area contributed by atoms with Gasteiger partial charge in [-0.3, -0.25) is 4.90 Å². The Morgan fingerprint density at radius 2 is 2.13 bits per heavy atom. The van der Waals surface area contributed by atoms with Crippen LogP contribution < -0.4 is 0 Å². The van der Waals surface area contributed by atoms with Gasteiger partial charge in [0.1, 0.15) is 0 Å². The third kappa shape index (κ3) is 1.81. The predicted molar refractivity (Wildman–Crippen MR) is 63.0 cm³/mol.